The van der Waals surface area contributed by atoms with Crippen molar-refractivity contribution in [1.29, 1.82) is 0 Å². The standard InChI is InChI=1S/C21H19ClN2O2/c1-14-11-19(15(2)24(14)18-10-6-9-17(22)12-18)20(25)21(26)23-13-16-7-4-3-5-8-16/h3-12H,13H2,1-2H3,(H,23,26). The van der Waals surface area contributed by atoms with Gasteiger partial charge < -0.3 is 9.88 Å². The van der Waals surface area contributed by atoms with Crippen LogP contribution in [0.5, 0.6) is 0 Å². The highest BCUT2D eigenvalue weighted by atomic mass is 35.5. The maximum absolute atomic E-state index is 12.6. The molecule has 0 atom stereocenters. The first-order chi connectivity index (χ1) is 12.5. The Labute approximate surface area is 157 Å². The van der Waals surface area contributed by atoms with Crippen LogP contribution in [-0.4, -0.2) is 16.3 Å². The summed E-state index contributed by atoms with van der Waals surface area (Å²) in [5.41, 5.74) is 3.77. The first-order valence-corrected chi connectivity index (χ1v) is 8.66. The second-order valence-electron chi connectivity index (χ2n) is 6.10. The van der Waals surface area contributed by atoms with Crippen molar-refractivity contribution in [2.24, 2.45) is 0 Å². The molecule has 0 aliphatic carbocycles. The van der Waals surface area contributed by atoms with Gasteiger partial charge in [-0.25, -0.2) is 0 Å². The lowest BCUT2D eigenvalue weighted by molar-refractivity contribution is -0.117. The smallest absolute Gasteiger partial charge is 0.292 e. The quantitative estimate of drug-likeness (QED) is 0.542. The predicted molar refractivity (Wildman–Crippen MR) is 103 cm³/mol. The highest BCUT2D eigenvalue weighted by Crippen LogP contribution is 2.23. The van der Waals surface area contributed by atoms with Crippen molar-refractivity contribution >= 4 is 23.3 Å². The molecule has 26 heavy (non-hydrogen) atoms. The molecule has 0 aliphatic heterocycles. The van der Waals surface area contributed by atoms with Crippen LogP contribution in [0.2, 0.25) is 5.02 Å². The lowest BCUT2D eigenvalue weighted by Crippen LogP contribution is -2.30. The monoisotopic (exact) mass is 366 g/mol. The fraction of sp³-hybridized carbons (Fsp3) is 0.143. The van der Waals surface area contributed by atoms with Gasteiger partial charge in [-0.3, -0.25) is 9.59 Å². The number of hydrogen-bond acceptors (Lipinski definition) is 2. The zero-order valence-corrected chi connectivity index (χ0v) is 15.4. The molecule has 0 fully saturated rings. The van der Waals surface area contributed by atoms with Crippen LogP contribution in [-0.2, 0) is 11.3 Å². The van der Waals surface area contributed by atoms with Crippen molar-refractivity contribution < 1.29 is 9.59 Å². The van der Waals surface area contributed by atoms with Crippen molar-refractivity contribution in [3.8, 4) is 5.69 Å². The van der Waals surface area contributed by atoms with E-state index in [1.165, 1.54) is 0 Å². The van der Waals surface area contributed by atoms with E-state index < -0.39 is 11.7 Å². The molecule has 2 aromatic carbocycles. The molecule has 4 nitrogen and oxygen atoms in total. The minimum Gasteiger partial charge on any atom is -0.345 e. The first-order valence-electron chi connectivity index (χ1n) is 8.28. The van der Waals surface area contributed by atoms with Gasteiger partial charge in [-0.05, 0) is 43.7 Å². The SMILES string of the molecule is Cc1cc(C(=O)C(=O)NCc2ccccc2)c(C)n1-c1cccc(Cl)c1. The number of carbonyl (C=O) groups is 2. The van der Waals surface area contributed by atoms with Crippen LogP contribution in [0.3, 0.4) is 0 Å². The third-order valence-electron chi connectivity index (χ3n) is 4.24. The van der Waals surface area contributed by atoms with E-state index in [9.17, 15) is 9.59 Å². The molecule has 0 saturated carbocycles. The summed E-state index contributed by atoms with van der Waals surface area (Å²) in [5, 5.41) is 3.30. The van der Waals surface area contributed by atoms with Crippen LogP contribution in [0.15, 0.2) is 60.7 Å². The van der Waals surface area contributed by atoms with Gasteiger partial charge in [0.15, 0.2) is 0 Å². The number of hydrogen-bond donors (Lipinski definition) is 1. The summed E-state index contributed by atoms with van der Waals surface area (Å²) in [6.07, 6.45) is 0. The molecule has 5 heteroatoms. The topological polar surface area (TPSA) is 51.1 Å². The highest BCUT2D eigenvalue weighted by Gasteiger charge is 2.22. The van der Waals surface area contributed by atoms with E-state index in [0.717, 1.165) is 16.9 Å². The summed E-state index contributed by atoms with van der Waals surface area (Å²) in [5.74, 6) is -1.15. The summed E-state index contributed by atoms with van der Waals surface area (Å²) in [7, 11) is 0. The van der Waals surface area contributed by atoms with E-state index in [4.69, 9.17) is 11.6 Å². The first kappa shape index (κ1) is 18.0. The number of benzene rings is 2. The van der Waals surface area contributed by atoms with Crippen molar-refractivity contribution in [2.75, 3.05) is 0 Å². The highest BCUT2D eigenvalue weighted by molar-refractivity contribution is 6.43. The van der Waals surface area contributed by atoms with Gasteiger partial charge in [-0.2, -0.15) is 0 Å². The number of carbonyl (C=O) groups excluding carboxylic acids is 2. The van der Waals surface area contributed by atoms with E-state index >= 15 is 0 Å². The number of aryl methyl sites for hydroxylation is 1. The van der Waals surface area contributed by atoms with Gasteiger partial charge in [0.2, 0.25) is 0 Å². The van der Waals surface area contributed by atoms with E-state index in [1.54, 1.807) is 12.1 Å². The molecular weight excluding hydrogens is 348 g/mol. The van der Waals surface area contributed by atoms with E-state index in [2.05, 4.69) is 5.32 Å². The van der Waals surface area contributed by atoms with Crippen molar-refractivity contribution in [1.82, 2.24) is 9.88 Å². The fourth-order valence-corrected chi connectivity index (χ4v) is 3.17. The second-order valence-corrected chi connectivity index (χ2v) is 6.53. The minimum absolute atomic E-state index is 0.318. The van der Waals surface area contributed by atoms with Gasteiger partial charge in [-0.15, -0.1) is 0 Å². The number of nitrogens with zero attached hydrogens (tertiary/aromatic N) is 1. The number of nitrogens with one attached hydrogen (secondary N) is 1. The lowest BCUT2D eigenvalue weighted by Gasteiger charge is -2.10. The van der Waals surface area contributed by atoms with Gasteiger partial charge in [0.25, 0.3) is 11.7 Å². The van der Waals surface area contributed by atoms with Crippen molar-refractivity contribution in [2.45, 2.75) is 20.4 Å². The van der Waals surface area contributed by atoms with Crippen LogP contribution in [0, 0.1) is 13.8 Å². The number of ketones is 1. The zero-order chi connectivity index (χ0) is 18.7. The number of halogens is 1. The molecule has 0 saturated heterocycles. The van der Waals surface area contributed by atoms with Gasteiger partial charge in [0.1, 0.15) is 0 Å². The van der Waals surface area contributed by atoms with Crippen molar-refractivity contribution in [3.05, 3.63) is 88.2 Å². The largest absolute Gasteiger partial charge is 0.345 e. The molecule has 1 amide bonds. The molecule has 3 rings (SSSR count). The summed E-state index contributed by atoms with van der Waals surface area (Å²) in [6.45, 7) is 4.04. The molecule has 132 valence electrons. The third kappa shape index (κ3) is 3.70. The maximum atomic E-state index is 12.6. The predicted octanol–water partition coefficient (Wildman–Crippen LogP) is 4.25. The Hall–Kier alpha value is -2.85. The maximum Gasteiger partial charge on any atom is 0.292 e. The van der Waals surface area contributed by atoms with Gasteiger partial charge >= 0.3 is 0 Å². The van der Waals surface area contributed by atoms with E-state index in [1.807, 2.05) is 66.9 Å². The molecule has 0 radical (unpaired) electrons. The van der Waals surface area contributed by atoms with Gasteiger partial charge in [0, 0.05) is 34.2 Å². The Balaban J connectivity index is 1.82. The summed E-state index contributed by atoms with van der Waals surface area (Å²) in [4.78, 5) is 24.9. The van der Waals surface area contributed by atoms with Crippen LogP contribution in [0.4, 0.5) is 0 Å². The summed E-state index contributed by atoms with van der Waals surface area (Å²) in [6, 6.07) is 18.6. The van der Waals surface area contributed by atoms with Crippen LogP contribution in [0.25, 0.3) is 5.69 Å². The van der Waals surface area contributed by atoms with Gasteiger partial charge in [-0.1, -0.05) is 48.0 Å². The van der Waals surface area contributed by atoms with Crippen molar-refractivity contribution in [3.63, 3.8) is 0 Å². The number of Topliss-reactive ketones (excluding diaryl/α,β-unsaturated/α-hetero) is 1. The Bertz CT molecular complexity index is 961. The average Bonchev–Trinajstić information content (AvgIpc) is 2.94. The molecule has 3 aromatic rings. The van der Waals surface area contributed by atoms with Crippen LogP contribution >= 0.6 is 11.6 Å². The lowest BCUT2D eigenvalue weighted by atomic mass is 10.1. The Morgan fingerprint density at radius 3 is 2.42 bits per heavy atom. The van der Waals surface area contributed by atoms with E-state index in [0.29, 0.717) is 22.8 Å². The van der Waals surface area contributed by atoms with Crippen LogP contribution < -0.4 is 5.32 Å². The molecular formula is C21H19ClN2O2. The van der Waals surface area contributed by atoms with E-state index in [-0.39, 0.29) is 0 Å². The minimum atomic E-state index is -0.611. The normalized spacial score (nSPS) is 10.6. The number of amides is 1. The average molecular weight is 367 g/mol. The number of rotatable bonds is 5. The molecule has 0 aliphatic rings. The summed E-state index contributed by atoms with van der Waals surface area (Å²) >= 11 is 6.07. The van der Waals surface area contributed by atoms with Gasteiger partial charge in [0.05, 0.1) is 0 Å². The molecule has 1 N–H and O–H groups in total. The molecule has 1 heterocycles. The van der Waals surface area contributed by atoms with Crippen LogP contribution in [0.1, 0.15) is 27.3 Å². The fourth-order valence-electron chi connectivity index (χ4n) is 2.99. The molecule has 1 aromatic heterocycles. The second kappa shape index (κ2) is 7.58. The Kier molecular flexibility index (Phi) is 5.24. The number of aromatic nitrogens is 1. The third-order valence-corrected chi connectivity index (χ3v) is 4.48. The molecule has 0 spiro atoms. The molecule has 0 unspecified atom stereocenters. The Morgan fingerprint density at radius 1 is 1.00 bits per heavy atom. The molecule has 0 bridgehead atoms. The Morgan fingerprint density at radius 2 is 1.73 bits per heavy atom. The summed E-state index contributed by atoms with van der Waals surface area (Å²) < 4.78 is 1.92. The zero-order valence-electron chi connectivity index (χ0n) is 14.6.